The number of fused-ring (bicyclic) bond motifs is 2. The minimum Gasteiger partial charge on any atom is -0.480 e. The monoisotopic (exact) mass is 749 g/mol. The number of halogens is 8. The SMILES string of the molecule is CC[C@@H](Nc1cc(F)c(C(=O)N[C@@H](Cc2ccc(-c3c(C(F)(F)F)c4cc(N(C)C)ccc4n(C)c3=O)c3ncccc23)C(=O)O)c(F)c1)C(F)(F)F. The zero-order valence-electron chi connectivity index (χ0n) is 28.4. The van der Waals surface area contributed by atoms with Gasteiger partial charge in [-0.05, 0) is 48.4 Å². The highest BCUT2D eigenvalue weighted by atomic mass is 19.4. The highest BCUT2D eigenvalue weighted by Gasteiger charge is 2.40. The van der Waals surface area contributed by atoms with Crippen LogP contribution in [0.5, 0.6) is 0 Å². The fourth-order valence-electron chi connectivity index (χ4n) is 6.11. The summed E-state index contributed by atoms with van der Waals surface area (Å²) in [5.41, 5.74) is -4.47. The van der Waals surface area contributed by atoms with Crippen LogP contribution in [0.1, 0.15) is 34.8 Å². The first kappa shape index (κ1) is 38.5. The molecule has 0 aliphatic rings. The van der Waals surface area contributed by atoms with Crippen molar-refractivity contribution in [2.75, 3.05) is 24.3 Å². The largest absolute Gasteiger partial charge is 0.480 e. The second kappa shape index (κ2) is 14.4. The average molecular weight is 750 g/mol. The highest BCUT2D eigenvalue weighted by Crippen LogP contribution is 2.42. The van der Waals surface area contributed by atoms with Gasteiger partial charge in [0, 0.05) is 61.5 Å². The number of pyridine rings is 2. The number of hydrogen-bond acceptors (Lipinski definition) is 6. The number of benzene rings is 3. The van der Waals surface area contributed by atoms with Crippen LogP contribution in [0.4, 0.5) is 46.5 Å². The topological polar surface area (TPSA) is 117 Å². The van der Waals surface area contributed by atoms with E-state index in [-0.39, 0.29) is 32.9 Å². The quantitative estimate of drug-likeness (QED) is 0.129. The van der Waals surface area contributed by atoms with Gasteiger partial charge in [-0.15, -0.1) is 0 Å². The van der Waals surface area contributed by atoms with Crippen molar-refractivity contribution in [1.29, 1.82) is 0 Å². The number of carboxylic acid groups (broad SMARTS) is 1. The number of amides is 1. The number of nitrogens with zero attached hydrogens (tertiary/aromatic N) is 3. The Kier molecular flexibility index (Phi) is 10.4. The molecule has 5 rings (SSSR count). The third-order valence-electron chi connectivity index (χ3n) is 8.75. The first-order valence-corrected chi connectivity index (χ1v) is 15.9. The van der Waals surface area contributed by atoms with Crippen LogP contribution in [-0.2, 0) is 24.4 Å². The molecule has 0 fully saturated rings. The van der Waals surface area contributed by atoms with Crippen molar-refractivity contribution >= 4 is 45.1 Å². The molecule has 0 aliphatic heterocycles. The number of hydrogen-bond donors (Lipinski definition) is 3. The number of nitrogens with one attached hydrogen (secondary N) is 2. The summed E-state index contributed by atoms with van der Waals surface area (Å²) in [4.78, 5) is 44.8. The Bertz CT molecular complexity index is 2280. The zero-order chi connectivity index (χ0) is 39.2. The number of carbonyl (C=O) groups excluding carboxylic acids is 1. The third-order valence-corrected chi connectivity index (χ3v) is 8.75. The van der Waals surface area contributed by atoms with Crippen molar-refractivity contribution in [3.05, 3.63) is 99.5 Å². The van der Waals surface area contributed by atoms with E-state index in [9.17, 15) is 54.6 Å². The van der Waals surface area contributed by atoms with E-state index in [0.29, 0.717) is 17.8 Å². The van der Waals surface area contributed by atoms with Crippen LogP contribution in [0.15, 0.2) is 65.6 Å². The molecular weight excluding hydrogens is 718 g/mol. The smallest absolute Gasteiger partial charge is 0.417 e. The van der Waals surface area contributed by atoms with E-state index in [4.69, 9.17) is 0 Å². The minimum atomic E-state index is -5.01. The molecule has 280 valence electrons. The number of carbonyl (C=O) groups is 2. The first-order valence-electron chi connectivity index (χ1n) is 15.9. The van der Waals surface area contributed by atoms with E-state index in [0.717, 1.165) is 4.57 Å². The molecular formula is C36H31F8N5O4. The van der Waals surface area contributed by atoms with Gasteiger partial charge in [0.2, 0.25) is 0 Å². The molecule has 0 aliphatic carbocycles. The molecule has 0 unspecified atom stereocenters. The highest BCUT2D eigenvalue weighted by molar-refractivity contribution is 6.01. The number of anilines is 2. The Morgan fingerprint density at radius 2 is 1.62 bits per heavy atom. The number of aromatic nitrogens is 2. The number of rotatable bonds is 10. The molecule has 2 atom stereocenters. The van der Waals surface area contributed by atoms with Gasteiger partial charge in [0.25, 0.3) is 11.5 Å². The fraction of sp³-hybridized carbons (Fsp3) is 0.278. The zero-order valence-corrected chi connectivity index (χ0v) is 28.4. The van der Waals surface area contributed by atoms with E-state index in [1.807, 2.05) is 10.6 Å². The number of aryl methyl sites for hydroxylation is 1. The van der Waals surface area contributed by atoms with E-state index in [2.05, 4.69) is 4.98 Å². The molecule has 0 radical (unpaired) electrons. The summed E-state index contributed by atoms with van der Waals surface area (Å²) in [6, 6.07) is 6.47. The van der Waals surface area contributed by atoms with Crippen molar-refractivity contribution in [1.82, 2.24) is 14.9 Å². The second-order valence-corrected chi connectivity index (χ2v) is 12.4. The molecule has 17 heteroatoms. The summed E-state index contributed by atoms with van der Waals surface area (Å²) in [6.07, 6.45) is -9.54. The normalized spacial score (nSPS) is 13.2. The Hall–Kier alpha value is -5.74. The Labute approximate surface area is 295 Å². The Morgan fingerprint density at radius 1 is 0.962 bits per heavy atom. The molecule has 2 heterocycles. The molecule has 0 spiro atoms. The lowest BCUT2D eigenvalue weighted by Gasteiger charge is -2.22. The van der Waals surface area contributed by atoms with Crippen LogP contribution in [0.2, 0.25) is 0 Å². The minimum absolute atomic E-state index is 0.0239. The standard InChI is InChI=1S/C36H31F8N5O4/c1-5-27(35(39,40)41)46-18-14-23(37)29(24(38)15-18)32(50)47-25(34(52)53)13-17-8-10-21(31-20(17)7-6-12-45-31)28-30(36(42,43)44)22-16-19(48(2)3)9-11-26(22)49(4)33(28)51/h6-12,14-16,25,27,46H,5,13H2,1-4H3,(H,47,50)(H,52,53)/t25-,27+/m0/s1. The van der Waals surface area contributed by atoms with Crippen LogP contribution < -0.4 is 21.1 Å². The maximum atomic E-state index is 15.0. The van der Waals surface area contributed by atoms with E-state index < -0.39 is 88.7 Å². The molecule has 0 saturated carbocycles. The molecule has 9 nitrogen and oxygen atoms in total. The summed E-state index contributed by atoms with van der Waals surface area (Å²) in [6.45, 7) is 1.20. The van der Waals surface area contributed by atoms with Crippen LogP contribution >= 0.6 is 0 Å². The maximum absolute atomic E-state index is 15.0. The summed E-state index contributed by atoms with van der Waals surface area (Å²) >= 11 is 0. The van der Waals surface area contributed by atoms with Gasteiger partial charge in [-0.2, -0.15) is 26.3 Å². The summed E-state index contributed by atoms with van der Waals surface area (Å²) in [7, 11) is 4.61. The van der Waals surface area contributed by atoms with Gasteiger partial charge in [0.15, 0.2) is 0 Å². The summed E-state index contributed by atoms with van der Waals surface area (Å²) in [5.74, 6) is -6.33. The van der Waals surface area contributed by atoms with Crippen molar-refractivity contribution in [2.45, 2.75) is 44.2 Å². The molecule has 3 N–H and O–H groups in total. The van der Waals surface area contributed by atoms with Gasteiger partial charge in [0.1, 0.15) is 29.3 Å². The van der Waals surface area contributed by atoms with Gasteiger partial charge < -0.3 is 25.2 Å². The predicted molar refractivity (Wildman–Crippen MR) is 182 cm³/mol. The summed E-state index contributed by atoms with van der Waals surface area (Å²) in [5, 5.41) is 13.8. The lowest BCUT2D eigenvalue weighted by atomic mass is 9.91. The molecule has 53 heavy (non-hydrogen) atoms. The van der Waals surface area contributed by atoms with Crippen LogP contribution in [0.25, 0.3) is 32.9 Å². The lowest BCUT2D eigenvalue weighted by molar-refractivity contribution is -0.143. The molecule has 2 aromatic heterocycles. The predicted octanol–water partition coefficient (Wildman–Crippen LogP) is 7.30. The van der Waals surface area contributed by atoms with Crippen molar-refractivity contribution in [3.63, 3.8) is 0 Å². The molecule has 0 bridgehead atoms. The van der Waals surface area contributed by atoms with E-state index in [1.165, 1.54) is 56.6 Å². The lowest BCUT2D eigenvalue weighted by Crippen LogP contribution is -2.43. The first-order chi connectivity index (χ1) is 24.7. The Morgan fingerprint density at radius 3 is 2.19 bits per heavy atom. The summed E-state index contributed by atoms with van der Waals surface area (Å²) < 4.78 is 115. The van der Waals surface area contributed by atoms with Crippen LogP contribution in [0.3, 0.4) is 0 Å². The Balaban J connectivity index is 1.56. The number of alkyl halides is 6. The van der Waals surface area contributed by atoms with Crippen LogP contribution in [0, 0.1) is 11.6 Å². The van der Waals surface area contributed by atoms with E-state index >= 15 is 0 Å². The molecule has 1 amide bonds. The third kappa shape index (κ3) is 7.59. The van der Waals surface area contributed by atoms with Gasteiger partial charge in [-0.1, -0.05) is 25.1 Å². The van der Waals surface area contributed by atoms with Gasteiger partial charge in [0.05, 0.1) is 22.2 Å². The number of aliphatic carboxylic acids is 1. The van der Waals surface area contributed by atoms with Gasteiger partial charge in [-0.25, -0.2) is 13.6 Å². The molecule has 5 aromatic rings. The van der Waals surface area contributed by atoms with Crippen molar-refractivity contribution in [3.8, 4) is 11.1 Å². The van der Waals surface area contributed by atoms with Gasteiger partial charge >= 0.3 is 18.3 Å². The second-order valence-electron chi connectivity index (χ2n) is 12.4. The van der Waals surface area contributed by atoms with Crippen LogP contribution in [-0.4, -0.2) is 58.9 Å². The number of carboxylic acids is 1. The molecule has 0 saturated heterocycles. The maximum Gasteiger partial charge on any atom is 0.417 e. The average Bonchev–Trinajstić information content (AvgIpc) is 3.06. The van der Waals surface area contributed by atoms with Gasteiger partial charge in [-0.3, -0.25) is 14.6 Å². The van der Waals surface area contributed by atoms with Crippen molar-refractivity contribution < 1.29 is 49.8 Å². The molecule has 3 aromatic carbocycles. The fourth-order valence-corrected chi connectivity index (χ4v) is 6.11. The van der Waals surface area contributed by atoms with Crippen molar-refractivity contribution in [2.24, 2.45) is 7.05 Å². The van der Waals surface area contributed by atoms with E-state index in [1.54, 1.807) is 25.1 Å².